The number of nitrogens with zero attached hydrogens (tertiary/aromatic N) is 2. The lowest BCUT2D eigenvalue weighted by Crippen LogP contribution is -2.28. The Bertz CT molecular complexity index is 1070. The van der Waals surface area contributed by atoms with E-state index in [4.69, 9.17) is 14.2 Å². The molecule has 0 fully saturated rings. The minimum absolute atomic E-state index is 0.0516. The molecule has 6 nitrogen and oxygen atoms in total. The summed E-state index contributed by atoms with van der Waals surface area (Å²) in [6, 6.07) is 11.8. The van der Waals surface area contributed by atoms with E-state index in [0.29, 0.717) is 43.3 Å². The fourth-order valence-corrected chi connectivity index (χ4v) is 4.05. The maximum Gasteiger partial charge on any atom is 0.433 e. The van der Waals surface area contributed by atoms with Crippen molar-refractivity contribution in [3.8, 4) is 16.5 Å². The first kappa shape index (κ1) is 25.6. The second-order valence-electron chi connectivity index (χ2n) is 7.17. The smallest absolute Gasteiger partial charge is 0.433 e. The van der Waals surface area contributed by atoms with Crippen molar-refractivity contribution in [1.29, 1.82) is 0 Å². The Morgan fingerprint density at radius 3 is 2.50 bits per heavy atom. The third kappa shape index (κ3) is 7.26. The summed E-state index contributed by atoms with van der Waals surface area (Å²) in [4.78, 5) is 21.1. The number of esters is 1. The van der Waals surface area contributed by atoms with Crippen LogP contribution in [0.2, 0.25) is 0 Å². The molecule has 1 aromatic carbocycles. The maximum absolute atomic E-state index is 12.9. The summed E-state index contributed by atoms with van der Waals surface area (Å²) in [7, 11) is 0. The van der Waals surface area contributed by atoms with Gasteiger partial charge in [-0.3, -0.25) is 0 Å². The van der Waals surface area contributed by atoms with Gasteiger partial charge >= 0.3 is 12.1 Å². The van der Waals surface area contributed by atoms with Crippen molar-refractivity contribution in [2.24, 2.45) is 0 Å². The summed E-state index contributed by atoms with van der Waals surface area (Å²) in [6.45, 7) is 4.69. The van der Waals surface area contributed by atoms with Crippen LogP contribution >= 0.6 is 11.3 Å². The van der Waals surface area contributed by atoms with Gasteiger partial charge in [0, 0.05) is 30.5 Å². The number of carbonyl (C=O) groups is 1. The minimum Gasteiger partial charge on any atom is -0.493 e. The Morgan fingerprint density at radius 2 is 1.82 bits per heavy atom. The number of rotatable bonds is 11. The van der Waals surface area contributed by atoms with Crippen molar-refractivity contribution in [3.05, 3.63) is 64.8 Å². The van der Waals surface area contributed by atoms with E-state index in [1.807, 2.05) is 37.3 Å². The fraction of sp³-hybridized carbons (Fsp3) is 0.375. The van der Waals surface area contributed by atoms with E-state index >= 15 is 0 Å². The fourth-order valence-electron chi connectivity index (χ4n) is 3.12. The van der Waals surface area contributed by atoms with Crippen LogP contribution in [0.5, 0.6) is 5.75 Å². The first-order valence-electron chi connectivity index (χ1n) is 10.8. The number of aromatic nitrogens is 2. The largest absolute Gasteiger partial charge is 0.493 e. The summed E-state index contributed by atoms with van der Waals surface area (Å²) in [5.41, 5.74) is -0.0445. The van der Waals surface area contributed by atoms with Crippen LogP contribution in [0, 0.1) is 0 Å². The molecule has 2 heterocycles. The van der Waals surface area contributed by atoms with Gasteiger partial charge in [0.15, 0.2) is 11.9 Å². The lowest BCUT2D eigenvalue weighted by atomic mass is 10.1. The van der Waals surface area contributed by atoms with E-state index < -0.39 is 18.0 Å². The van der Waals surface area contributed by atoms with Gasteiger partial charge in [-0.15, -0.1) is 11.3 Å². The Balaban J connectivity index is 1.52. The Hall–Kier alpha value is -2.98. The summed E-state index contributed by atoms with van der Waals surface area (Å²) in [5.74, 6) is 0.345. The van der Waals surface area contributed by atoms with Crippen LogP contribution in [0.1, 0.15) is 30.0 Å². The van der Waals surface area contributed by atoms with Gasteiger partial charge in [-0.2, -0.15) is 13.2 Å². The number of benzene rings is 1. The predicted octanol–water partition coefficient (Wildman–Crippen LogP) is 5.36. The van der Waals surface area contributed by atoms with Crippen LogP contribution < -0.4 is 4.74 Å². The highest BCUT2D eigenvalue weighted by Gasteiger charge is 2.33. The molecule has 1 unspecified atom stereocenters. The Morgan fingerprint density at radius 1 is 1.06 bits per heavy atom. The number of thiophene rings is 1. The van der Waals surface area contributed by atoms with E-state index in [9.17, 15) is 18.0 Å². The van der Waals surface area contributed by atoms with Crippen molar-refractivity contribution >= 4 is 17.3 Å². The molecule has 0 N–H and O–H groups in total. The van der Waals surface area contributed by atoms with Crippen LogP contribution in [0.25, 0.3) is 10.7 Å². The van der Waals surface area contributed by atoms with Crippen LogP contribution in [0.15, 0.2) is 48.7 Å². The lowest BCUT2D eigenvalue weighted by molar-refractivity contribution is -0.156. The van der Waals surface area contributed by atoms with Crippen LogP contribution in [0.4, 0.5) is 13.2 Å². The Labute approximate surface area is 199 Å². The summed E-state index contributed by atoms with van der Waals surface area (Å²) in [5, 5.41) is 0. The molecule has 0 saturated heterocycles. The predicted molar refractivity (Wildman–Crippen MR) is 122 cm³/mol. The normalized spacial score (nSPS) is 12.4. The van der Waals surface area contributed by atoms with Gasteiger partial charge in [-0.05, 0) is 49.7 Å². The highest BCUT2D eigenvalue weighted by Crippen LogP contribution is 2.31. The molecular weight excluding hydrogens is 469 g/mol. The molecule has 182 valence electrons. The monoisotopic (exact) mass is 494 g/mol. The number of hydrogen-bond donors (Lipinski definition) is 0. The summed E-state index contributed by atoms with van der Waals surface area (Å²) < 4.78 is 55.0. The number of carbonyl (C=O) groups excluding carboxylic acids is 1. The molecule has 3 rings (SSSR count). The second kappa shape index (κ2) is 11.9. The molecule has 2 aromatic heterocycles. The Kier molecular flexibility index (Phi) is 9.00. The molecule has 0 aliphatic carbocycles. The molecule has 1 atom stereocenters. The van der Waals surface area contributed by atoms with Gasteiger partial charge in [-0.1, -0.05) is 12.1 Å². The van der Waals surface area contributed by atoms with Crippen molar-refractivity contribution in [2.75, 3.05) is 19.8 Å². The van der Waals surface area contributed by atoms with Gasteiger partial charge in [0.2, 0.25) is 0 Å². The van der Waals surface area contributed by atoms with Crippen molar-refractivity contribution in [3.63, 3.8) is 0 Å². The van der Waals surface area contributed by atoms with Gasteiger partial charge in [0.05, 0.1) is 18.1 Å². The second-order valence-corrected chi connectivity index (χ2v) is 8.34. The van der Waals surface area contributed by atoms with Gasteiger partial charge in [-0.25, -0.2) is 14.8 Å². The molecule has 0 aliphatic heterocycles. The van der Waals surface area contributed by atoms with E-state index in [2.05, 4.69) is 9.97 Å². The van der Waals surface area contributed by atoms with Crippen LogP contribution in [-0.2, 0) is 33.3 Å². The quantitative estimate of drug-likeness (QED) is 0.335. The molecule has 10 heteroatoms. The molecule has 3 aromatic rings. The van der Waals surface area contributed by atoms with Crippen molar-refractivity contribution in [1.82, 2.24) is 9.97 Å². The number of hydrogen-bond acceptors (Lipinski definition) is 7. The zero-order valence-electron chi connectivity index (χ0n) is 18.8. The van der Waals surface area contributed by atoms with Crippen LogP contribution in [-0.4, -0.2) is 41.9 Å². The molecule has 0 saturated carbocycles. The van der Waals surface area contributed by atoms with Gasteiger partial charge in [0.1, 0.15) is 11.4 Å². The molecule has 0 bridgehead atoms. The van der Waals surface area contributed by atoms with Gasteiger partial charge in [0.25, 0.3) is 0 Å². The number of alkyl halides is 3. The average molecular weight is 495 g/mol. The summed E-state index contributed by atoms with van der Waals surface area (Å²) >= 11 is 1.33. The molecule has 0 spiro atoms. The highest BCUT2D eigenvalue weighted by molar-refractivity contribution is 7.15. The molecule has 0 amide bonds. The van der Waals surface area contributed by atoms with E-state index in [0.717, 1.165) is 22.7 Å². The zero-order chi connectivity index (χ0) is 24.6. The molecular formula is C24H25F3N2O4S. The first-order chi connectivity index (χ1) is 16.3. The highest BCUT2D eigenvalue weighted by atomic mass is 32.1. The lowest BCUT2D eigenvalue weighted by Gasteiger charge is -2.15. The number of ether oxygens (including phenoxy) is 3. The molecule has 0 radical (unpaired) electrons. The maximum atomic E-state index is 12.9. The van der Waals surface area contributed by atoms with E-state index in [1.165, 1.54) is 11.3 Å². The third-order valence-corrected chi connectivity index (χ3v) is 5.85. The average Bonchev–Trinajstić information content (AvgIpc) is 3.28. The SMILES string of the molecule is CCOC(=O)C(Cc1ccc(OCCc2ccc(-c3nccc(C(F)(F)F)n3)s2)cc1)OCC. The van der Waals surface area contributed by atoms with E-state index in [1.54, 1.807) is 13.0 Å². The minimum atomic E-state index is -4.51. The topological polar surface area (TPSA) is 70.5 Å². The first-order valence-corrected chi connectivity index (χ1v) is 11.6. The van der Waals surface area contributed by atoms with Crippen LogP contribution in [0.3, 0.4) is 0 Å². The molecule has 0 aliphatic rings. The third-order valence-electron chi connectivity index (χ3n) is 4.71. The van der Waals surface area contributed by atoms with Crippen molar-refractivity contribution in [2.45, 2.75) is 39.0 Å². The number of halogens is 3. The summed E-state index contributed by atoms with van der Waals surface area (Å²) in [6.07, 6.45) is -3.06. The van der Waals surface area contributed by atoms with Crippen molar-refractivity contribution < 1.29 is 32.2 Å². The zero-order valence-corrected chi connectivity index (χ0v) is 19.6. The molecule has 34 heavy (non-hydrogen) atoms. The van der Waals surface area contributed by atoms with Gasteiger partial charge < -0.3 is 14.2 Å². The standard InChI is InChI=1S/C24H25F3N2O4S/c1-3-31-19(23(30)32-4-2)15-16-5-7-17(8-6-16)33-14-12-18-9-10-20(34-18)22-28-13-11-21(29-22)24(25,26)27/h5-11,13,19H,3-4,12,14-15H2,1-2H3. The van der Waals surface area contributed by atoms with E-state index in [-0.39, 0.29) is 11.8 Å².